The van der Waals surface area contributed by atoms with Crippen molar-refractivity contribution in [1.29, 1.82) is 0 Å². The number of likely N-dealkylation sites (N-methyl/N-ethyl adjacent to an activating group) is 1. The van der Waals surface area contributed by atoms with E-state index in [9.17, 15) is 0 Å². The second-order valence-electron chi connectivity index (χ2n) is 8.40. The minimum atomic E-state index is -1.61. The number of aromatic nitrogens is 5. The van der Waals surface area contributed by atoms with Gasteiger partial charge < -0.3 is 19.1 Å². The lowest BCUT2D eigenvalue weighted by molar-refractivity contribution is 0.312. The van der Waals surface area contributed by atoms with Gasteiger partial charge in [0.2, 0.25) is 11.5 Å². The number of benzene rings is 1. The molecule has 0 saturated carbocycles. The van der Waals surface area contributed by atoms with E-state index in [1.807, 2.05) is 19.3 Å². The molecule has 1 saturated heterocycles. The SMILES string of the molecule is CN1CCOc2c1cnn1c(-c3ccc4cccc(N5CCCCC5)c4n3)nnc21.CS(=O)O. The van der Waals surface area contributed by atoms with E-state index in [1.54, 1.807) is 4.52 Å². The first kappa shape index (κ1) is 22.5. The summed E-state index contributed by atoms with van der Waals surface area (Å²) in [5.41, 5.74) is 4.52. The Balaban J connectivity index is 0.000000560. The maximum Gasteiger partial charge on any atom is 0.222 e. The number of rotatable bonds is 2. The molecule has 4 aromatic rings. The van der Waals surface area contributed by atoms with Crippen LogP contribution in [0.4, 0.5) is 11.4 Å². The molecular weight excluding hydrogens is 454 g/mol. The first-order valence-electron chi connectivity index (χ1n) is 11.3. The molecule has 5 heterocycles. The Bertz CT molecular complexity index is 1350. The lowest BCUT2D eigenvalue weighted by Gasteiger charge is -2.29. The predicted molar refractivity (Wildman–Crippen MR) is 133 cm³/mol. The van der Waals surface area contributed by atoms with Gasteiger partial charge in [0.1, 0.15) is 29.1 Å². The first-order chi connectivity index (χ1) is 16.5. The highest BCUT2D eigenvalue weighted by molar-refractivity contribution is 7.78. The highest BCUT2D eigenvalue weighted by Crippen LogP contribution is 2.35. The van der Waals surface area contributed by atoms with Crippen LogP contribution in [0.5, 0.6) is 5.75 Å². The average molecular weight is 482 g/mol. The van der Waals surface area contributed by atoms with Crippen LogP contribution in [0.25, 0.3) is 28.1 Å². The van der Waals surface area contributed by atoms with Crippen LogP contribution in [0.1, 0.15) is 19.3 Å². The van der Waals surface area contributed by atoms with Crippen LogP contribution in [0.2, 0.25) is 0 Å². The van der Waals surface area contributed by atoms with Gasteiger partial charge in [0.15, 0.2) is 5.75 Å². The number of hydrogen-bond donors (Lipinski definition) is 1. The molecule has 34 heavy (non-hydrogen) atoms. The zero-order valence-corrected chi connectivity index (χ0v) is 20.0. The molecule has 178 valence electrons. The smallest absolute Gasteiger partial charge is 0.222 e. The van der Waals surface area contributed by atoms with Crippen LogP contribution >= 0.6 is 0 Å². The van der Waals surface area contributed by atoms with Gasteiger partial charge in [-0.15, -0.1) is 10.2 Å². The fourth-order valence-corrected chi connectivity index (χ4v) is 4.44. The Morgan fingerprint density at radius 2 is 1.82 bits per heavy atom. The third-order valence-electron chi connectivity index (χ3n) is 6.08. The molecule has 3 aromatic heterocycles. The number of fused-ring (bicyclic) bond motifs is 4. The maximum absolute atomic E-state index is 9.11. The average Bonchev–Trinajstić information content (AvgIpc) is 3.28. The standard InChI is InChI=1S/C22H23N7O.CH4O2S/c1-27-12-13-30-20-18(27)14-23-29-21(25-26-22(20)29)16-9-8-15-6-5-7-17(19(15)24-16)28-10-3-2-4-11-28;1-4(2)3/h5-9,14H,2-4,10-13H2,1H3;1H3,(H,2,3). The molecule has 1 atom stereocenters. The summed E-state index contributed by atoms with van der Waals surface area (Å²) in [6, 6.07) is 10.5. The lowest BCUT2D eigenvalue weighted by Crippen LogP contribution is -2.29. The zero-order valence-electron chi connectivity index (χ0n) is 19.2. The second kappa shape index (κ2) is 9.51. The third kappa shape index (κ3) is 4.28. The zero-order chi connectivity index (χ0) is 23.7. The number of para-hydroxylation sites is 1. The van der Waals surface area contributed by atoms with E-state index in [-0.39, 0.29) is 0 Å². The van der Waals surface area contributed by atoms with E-state index in [0.29, 0.717) is 18.1 Å². The van der Waals surface area contributed by atoms with Crippen molar-refractivity contribution >= 4 is 39.0 Å². The molecular formula is C23H27N7O3S. The Kier molecular flexibility index (Phi) is 6.29. The summed E-state index contributed by atoms with van der Waals surface area (Å²) >= 11 is -1.61. The first-order valence-corrected chi connectivity index (χ1v) is 12.8. The van der Waals surface area contributed by atoms with Crippen LogP contribution in [0.3, 0.4) is 0 Å². The van der Waals surface area contributed by atoms with Gasteiger partial charge in [-0.1, -0.05) is 18.2 Å². The Morgan fingerprint density at radius 1 is 1.03 bits per heavy atom. The topological polar surface area (TPSA) is 109 Å². The van der Waals surface area contributed by atoms with Crippen LogP contribution in [0, 0.1) is 0 Å². The second-order valence-corrected chi connectivity index (χ2v) is 9.25. The highest BCUT2D eigenvalue weighted by Gasteiger charge is 2.23. The van der Waals surface area contributed by atoms with Gasteiger partial charge in [0.25, 0.3) is 0 Å². The summed E-state index contributed by atoms with van der Waals surface area (Å²) in [6.07, 6.45) is 6.77. The van der Waals surface area contributed by atoms with Crippen LogP contribution in [0.15, 0.2) is 36.5 Å². The number of hydrogen-bond acceptors (Lipinski definition) is 8. The number of ether oxygens (including phenoxy) is 1. The quantitative estimate of drug-likeness (QED) is 0.432. The summed E-state index contributed by atoms with van der Waals surface area (Å²) in [4.78, 5) is 9.59. The van der Waals surface area contributed by atoms with Crippen molar-refractivity contribution in [3.63, 3.8) is 0 Å². The molecule has 1 fully saturated rings. The van der Waals surface area contributed by atoms with E-state index in [0.717, 1.165) is 47.7 Å². The van der Waals surface area contributed by atoms with Crippen molar-refractivity contribution in [1.82, 2.24) is 24.8 Å². The molecule has 0 aliphatic carbocycles. The number of pyridine rings is 1. The maximum atomic E-state index is 9.11. The van der Waals surface area contributed by atoms with Crippen LogP contribution in [-0.2, 0) is 11.1 Å². The number of nitrogens with zero attached hydrogens (tertiary/aromatic N) is 7. The Morgan fingerprint density at radius 3 is 2.62 bits per heavy atom. The molecule has 1 aromatic carbocycles. The van der Waals surface area contributed by atoms with Gasteiger partial charge >= 0.3 is 0 Å². The molecule has 1 N–H and O–H groups in total. The van der Waals surface area contributed by atoms with Gasteiger partial charge in [-0.3, -0.25) is 0 Å². The summed E-state index contributed by atoms with van der Waals surface area (Å²) < 4.78 is 24.3. The van der Waals surface area contributed by atoms with Crippen molar-refractivity contribution in [2.24, 2.45) is 0 Å². The number of anilines is 2. The minimum Gasteiger partial charge on any atom is -0.486 e. The van der Waals surface area contributed by atoms with Gasteiger partial charge in [-0.05, 0) is 31.4 Å². The van der Waals surface area contributed by atoms with Crippen molar-refractivity contribution < 1.29 is 13.5 Å². The predicted octanol–water partition coefficient (Wildman–Crippen LogP) is 3.00. The van der Waals surface area contributed by atoms with E-state index < -0.39 is 11.1 Å². The Hall–Kier alpha value is -3.31. The van der Waals surface area contributed by atoms with E-state index in [2.05, 4.69) is 49.4 Å². The fraction of sp³-hybridized carbons (Fsp3) is 0.391. The highest BCUT2D eigenvalue weighted by atomic mass is 32.2. The van der Waals surface area contributed by atoms with Crippen molar-refractivity contribution in [3.05, 3.63) is 36.5 Å². The normalized spacial score (nSPS) is 16.6. The summed E-state index contributed by atoms with van der Waals surface area (Å²) in [5.74, 6) is 1.35. The van der Waals surface area contributed by atoms with Crippen LogP contribution < -0.4 is 14.5 Å². The summed E-state index contributed by atoms with van der Waals surface area (Å²) in [7, 11) is 2.03. The van der Waals surface area contributed by atoms with Gasteiger partial charge in [-0.25, -0.2) is 9.19 Å². The monoisotopic (exact) mass is 481 g/mol. The Labute approximate surface area is 199 Å². The molecule has 6 rings (SSSR count). The van der Waals surface area contributed by atoms with Crippen LogP contribution in [-0.4, -0.2) is 73.1 Å². The molecule has 0 bridgehead atoms. The number of piperidine rings is 1. The molecule has 0 amide bonds. The van der Waals surface area contributed by atoms with E-state index in [4.69, 9.17) is 18.5 Å². The van der Waals surface area contributed by atoms with Crippen molar-refractivity contribution in [2.45, 2.75) is 19.3 Å². The molecule has 0 spiro atoms. The third-order valence-corrected chi connectivity index (χ3v) is 6.08. The van der Waals surface area contributed by atoms with Gasteiger partial charge in [-0.2, -0.15) is 9.61 Å². The van der Waals surface area contributed by atoms with Crippen molar-refractivity contribution in [3.8, 4) is 17.3 Å². The minimum absolute atomic E-state index is 0.624. The van der Waals surface area contributed by atoms with Gasteiger partial charge in [0, 0.05) is 31.8 Å². The molecule has 10 nitrogen and oxygen atoms in total. The summed E-state index contributed by atoms with van der Waals surface area (Å²) in [6.45, 7) is 3.62. The molecule has 11 heteroatoms. The van der Waals surface area contributed by atoms with Gasteiger partial charge in [0.05, 0.1) is 23.9 Å². The largest absolute Gasteiger partial charge is 0.486 e. The molecule has 0 radical (unpaired) electrons. The molecule has 2 aliphatic rings. The lowest BCUT2D eigenvalue weighted by atomic mass is 10.1. The molecule has 1 unspecified atom stereocenters. The molecule has 2 aliphatic heterocycles. The fourth-order valence-electron chi connectivity index (χ4n) is 4.44. The summed E-state index contributed by atoms with van der Waals surface area (Å²) in [5, 5.41) is 14.5. The van der Waals surface area contributed by atoms with E-state index >= 15 is 0 Å². The van der Waals surface area contributed by atoms with E-state index in [1.165, 1.54) is 31.2 Å². The van der Waals surface area contributed by atoms with Crippen molar-refractivity contribution in [2.75, 3.05) is 49.3 Å².